The first-order chi connectivity index (χ1) is 10.7. The largest absolute Gasteiger partial charge is 0.336 e. The number of piperazine rings is 1. The van der Waals surface area contributed by atoms with Crippen molar-refractivity contribution in [3.63, 3.8) is 0 Å². The van der Waals surface area contributed by atoms with Crippen molar-refractivity contribution in [3.05, 3.63) is 29.8 Å². The Morgan fingerprint density at radius 2 is 1.78 bits per heavy atom. The van der Waals surface area contributed by atoms with Crippen molar-refractivity contribution >= 4 is 16.1 Å². The summed E-state index contributed by atoms with van der Waals surface area (Å²) in [6, 6.07) is 2.09. The Morgan fingerprint density at radius 3 is 2.30 bits per heavy atom. The first-order valence-electron chi connectivity index (χ1n) is 7.22. The molecule has 128 valence electrons. The molecule has 0 radical (unpaired) electrons. The molecule has 6 nitrogen and oxygen atoms in total. The molecule has 1 aromatic carbocycles. The average Bonchev–Trinajstić information content (AvgIpc) is 2.46. The third-order valence-corrected chi connectivity index (χ3v) is 5.38. The van der Waals surface area contributed by atoms with E-state index < -0.39 is 26.6 Å². The minimum absolute atomic E-state index is 0.0161. The Labute approximate surface area is 134 Å². The first-order valence-corrected chi connectivity index (χ1v) is 8.66. The lowest BCUT2D eigenvalue weighted by molar-refractivity contribution is 0.170. The highest BCUT2D eigenvalue weighted by Crippen LogP contribution is 2.21. The smallest absolute Gasteiger partial charge is 0.317 e. The van der Waals surface area contributed by atoms with Crippen molar-refractivity contribution in [2.24, 2.45) is 0 Å². The standard InChI is InChI=1S/C14H19F2N3O3S/c1-10(2)17-14(20)18-5-7-19(8-6-18)23(21,22)13-4-3-11(15)9-12(13)16/h3-4,9-10H,5-8H2,1-2H3,(H,17,20). The summed E-state index contributed by atoms with van der Waals surface area (Å²) in [5, 5.41) is 2.73. The number of carbonyl (C=O) groups excluding carboxylic acids is 1. The molecule has 1 N–H and O–H groups in total. The second-order valence-corrected chi connectivity index (χ2v) is 7.48. The van der Waals surface area contributed by atoms with Crippen LogP contribution in [0.1, 0.15) is 13.8 Å². The molecule has 0 aliphatic carbocycles. The summed E-state index contributed by atoms with van der Waals surface area (Å²) in [6.07, 6.45) is 0. The Morgan fingerprint density at radius 1 is 1.17 bits per heavy atom. The lowest BCUT2D eigenvalue weighted by Crippen LogP contribution is -2.54. The van der Waals surface area contributed by atoms with Crippen molar-refractivity contribution in [1.29, 1.82) is 0 Å². The molecule has 2 rings (SSSR count). The van der Waals surface area contributed by atoms with Crippen molar-refractivity contribution in [3.8, 4) is 0 Å². The van der Waals surface area contributed by atoms with Gasteiger partial charge in [-0.2, -0.15) is 4.31 Å². The maximum absolute atomic E-state index is 13.7. The van der Waals surface area contributed by atoms with Crippen LogP contribution >= 0.6 is 0 Å². The number of carbonyl (C=O) groups is 1. The van der Waals surface area contributed by atoms with E-state index in [0.717, 1.165) is 16.4 Å². The summed E-state index contributed by atoms with van der Waals surface area (Å²) >= 11 is 0. The van der Waals surface area contributed by atoms with Crippen LogP contribution in [0.15, 0.2) is 23.1 Å². The van der Waals surface area contributed by atoms with Crippen LogP contribution in [0.4, 0.5) is 13.6 Å². The van der Waals surface area contributed by atoms with E-state index in [1.165, 1.54) is 4.90 Å². The monoisotopic (exact) mass is 347 g/mol. The van der Waals surface area contributed by atoms with Gasteiger partial charge >= 0.3 is 6.03 Å². The van der Waals surface area contributed by atoms with Gasteiger partial charge in [0, 0.05) is 38.3 Å². The predicted octanol–water partition coefficient (Wildman–Crippen LogP) is 1.39. The molecule has 9 heteroatoms. The SMILES string of the molecule is CC(C)NC(=O)N1CCN(S(=O)(=O)c2ccc(F)cc2F)CC1. The number of amides is 2. The fourth-order valence-corrected chi connectivity index (χ4v) is 3.76. The van der Waals surface area contributed by atoms with Crippen molar-refractivity contribution in [1.82, 2.24) is 14.5 Å². The number of benzene rings is 1. The molecule has 0 aromatic heterocycles. The van der Waals surface area contributed by atoms with Crippen molar-refractivity contribution in [2.75, 3.05) is 26.2 Å². The van der Waals surface area contributed by atoms with E-state index in [-0.39, 0.29) is 38.3 Å². The van der Waals surface area contributed by atoms with Gasteiger partial charge in [-0.1, -0.05) is 0 Å². The van der Waals surface area contributed by atoms with Gasteiger partial charge in [0.25, 0.3) is 0 Å². The average molecular weight is 347 g/mol. The zero-order valence-corrected chi connectivity index (χ0v) is 13.7. The molecule has 1 fully saturated rings. The van der Waals surface area contributed by atoms with Crippen LogP contribution in [0.5, 0.6) is 0 Å². The topological polar surface area (TPSA) is 69.7 Å². The summed E-state index contributed by atoms with van der Waals surface area (Å²) in [4.78, 5) is 12.8. The quantitative estimate of drug-likeness (QED) is 0.898. The number of sulfonamides is 1. The molecule has 1 aromatic rings. The van der Waals surface area contributed by atoms with E-state index in [4.69, 9.17) is 0 Å². The molecule has 1 aliphatic rings. The molecular weight excluding hydrogens is 328 g/mol. The number of urea groups is 1. The number of halogens is 2. The van der Waals surface area contributed by atoms with E-state index >= 15 is 0 Å². The van der Waals surface area contributed by atoms with Gasteiger partial charge < -0.3 is 10.2 Å². The molecule has 2 amide bonds. The minimum Gasteiger partial charge on any atom is -0.336 e. The molecular formula is C14H19F2N3O3S. The zero-order chi connectivity index (χ0) is 17.2. The van der Waals surface area contributed by atoms with Crippen LogP contribution < -0.4 is 5.32 Å². The van der Waals surface area contributed by atoms with Gasteiger partial charge in [-0.25, -0.2) is 22.0 Å². The van der Waals surface area contributed by atoms with Gasteiger partial charge in [-0.15, -0.1) is 0 Å². The summed E-state index contributed by atoms with van der Waals surface area (Å²) in [5.41, 5.74) is 0. The summed E-state index contributed by atoms with van der Waals surface area (Å²) in [6.45, 7) is 4.20. The number of rotatable bonds is 3. The number of hydrogen-bond donors (Lipinski definition) is 1. The Hall–Kier alpha value is -1.74. The second-order valence-electron chi connectivity index (χ2n) is 5.57. The second kappa shape index (κ2) is 6.79. The molecule has 1 heterocycles. The molecule has 0 unspecified atom stereocenters. The summed E-state index contributed by atoms with van der Waals surface area (Å²) < 4.78 is 52.6. The van der Waals surface area contributed by atoms with Gasteiger partial charge in [-0.05, 0) is 26.0 Å². The van der Waals surface area contributed by atoms with Crippen LogP contribution in [0.2, 0.25) is 0 Å². The maximum atomic E-state index is 13.7. The van der Waals surface area contributed by atoms with E-state index in [1.54, 1.807) is 0 Å². The van der Waals surface area contributed by atoms with Gasteiger partial charge in [0.15, 0.2) is 0 Å². The normalized spacial score (nSPS) is 16.7. The minimum atomic E-state index is -4.05. The van der Waals surface area contributed by atoms with Crippen LogP contribution in [0.3, 0.4) is 0 Å². The fourth-order valence-electron chi connectivity index (χ4n) is 2.29. The van der Waals surface area contributed by atoms with Crippen molar-refractivity contribution in [2.45, 2.75) is 24.8 Å². The molecule has 0 spiro atoms. The van der Waals surface area contributed by atoms with Gasteiger partial charge in [0.05, 0.1) is 0 Å². The van der Waals surface area contributed by atoms with E-state index in [1.807, 2.05) is 13.8 Å². The van der Waals surface area contributed by atoms with Crippen LogP contribution in [0.25, 0.3) is 0 Å². The molecule has 0 atom stereocenters. The molecule has 1 saturated heterocycles. The first kappa shape index (κ1) is 17.6. The van der Waals surface area contributed by atoms with E-state index in [9.17, 15) is 22.0 Å². The molecule has 23 heavy (non-hydrogen) atoms. The number of nitrogens with zero attached hydrogens (tertiary/aromatic N) is 2. The third kappa shape index (κ3) is 3.97. The highest BCUT2D eigenvalue weighted by molar-refractivity contribution is 7.89. The molecule has 0 saturated carbocycles. The van der Waals surface area contributed by atoms with Crippen molar-refractivity contribution < 1.29 is 22.0 Å². The Bertz CT molecular complexity index is 687. The number of nitrogens with one attached hydrogen (secondary N) is 1. The number of hydrogen-bond acceptors (Lipinski definition) is 3. The molecule has 0 bridgehead atoms. The highest BCUT2D eigenvalue weighted by Gasteiger charge is 2.32. The summed E-state index contributed by atoms with van der Waals surface area (Å²) in [5.74, 6) is -1.96. The van der Waals surface area contributed by atoms with Crippen LogP contribution in [0, 0.1) is 11.6 Å². The maximum Gasteiger partial charge on any atom is 0.317 e. The lowest BCUT2D eigenvalue weighted by Gasteiger charge is -2.34. The van der Waals surface area contributed by atoms with Gasteiger partial charge in [0.2, 0.25) is 10.0 Å². The third-order valence-electron chi connectivity index (χ3n) is 3.45. The lowest BCUT2D eigenvalue weighted by atomic mass is 10.3. The Balaban J connectivity index is 2.08. The predicted molar refractivity (Wildman–Crippen MR) is 80.4 cm³/mol. The zero-order valence-electron chi connectivity index (χ0n) is 12.9. The van der Waals surface area contributed by atoms with Crippen LogP contribution in [-0.4, -0.2) is 55.9 Å². The highest BCUT2D eigenvalue weighted by atomic mass is 32.2. The van der Waals surface area contributed by atoms with Gasteiger partial charge in [0.1, 0.15) is 16.5 Å². The Kier molecular flexibility index (Phi) is 5.20. The van der Waals surface area contributed by atoms with E-state index in [2.05, 4.69) is 5.32 Å². The molecule has 1 aliphatic heterocycles. The van der Waals surface area contributed by atoms with Gasteiger partial charge in [-0.3, -0.25) is 0 Å². The van der Waals surface area contributed by atoms with Crippen LogP contribution in [-0.2, 0) is 10.0 Å². The van der Waals surface area contributed by atoms with E-state index in [0.29, 0.717) is 6.07 Å². The fraction of sp³-hybridized carbons (Fsp3) is 0.500. The summed E-state index contributed by atoms with van der Waals surface area (Å²) in [7, 11) is -4.05.